The van der Waals surface area contributed by atoms with Crippen molar-refractivity contribution in [2.24, 2.45) is 0 Å². The van der Waals surface area contributed by atoms with Gasteiger partial charge in [0.15, 0.2) is 0 Å². The molecule has 0 amide bonds. The van der Waals surface area contributed by atoms with Gasteiger partial charge in [0.1, 0.15) is 0 Å². The first kappa shape index (κ1) is 26.8. The first-order chi connectivity index (χ1) is 19.7. The van der Waals surface area contributed by atoms with Crippen LogP contribution in [0.2, 0.25) is 0 Å². The first-order valence-corrected chi connectivity index (χ1v) is 16.1. The minimum Gasteiger partial charge on any atom is -0.334 e. The van der Waals surface area contributed by atoms with E-state index in [1.54, 1.807) is 0 Å². The lowest BCUT2D eigenvalue weighted by Gasteiger charge is -2.42. The second-order valence-electron chi connectivity index (χ2n) is 13.4. The topological polar surface area (TPSA) is 6.48 Å². The molecule has 2 aliphatic heterocycles. The number of anilines is 4. The molecular formula is C38H41BrN2. The van der Waals surface area contributed by atoms with Gasteiger partial charge in [-0.25, -0.2) is 0 Å². The predicted octanol–water partition coefficient (Wildman–Crippen LogP) is 10.8. The Morgan fingerprint density at radius 3 is 1.54 bits per heavy atom. The molecule has 4 aromatic rings. The molecule has 2 fully saturated rings. The molecule has 2 saturated carbocycles. The molecule has 2 heterocycles. The van der Waals surface area contributed by atoms with Gasteiger partial charge in [-0.3, -0.25) is 0 Å². The summed E-state index contributed by atoms with van der Waals surface area (Å²) in [5, 5.41) is 0. The third kappa shape index (κ3) is 3.67. The third-order valence-corrected chi connectivity index (χ3v) is 12.1. The summed E-state index contributed by atoms with van der Waals surface area (Å²) in [5.74, 6) is 0. The number of para-hydroxylation sites is 3. The van der Waals surface area contributed by atoms with E-state index < -0.39 is 0 Å². The van der Waals surface area contributed by atoms with Crippen molar-refractivity contribution >= 4 is 38.7 Å². The lowest BCUT2D eigenvalue weighted by Crippen LogP contribution is -2.48. The Bertz CT molecular complexity index is 1580. The Morgan fingerprint density at radius 2 is 0.976 bits per heavy atom. The Morgan fingerprint density at radius 1 is 0.512 bits per heavy atom. The lowest BCUT2D eigenvalue weighted by molar-refractivity contribution is 0.330. The summed E-state index contributed by atoms with van der Waals surface area (Å²) >= 11 is 3.66. The van der Waals surface area contributed by atoms with Gasteiger partial charge in [-0.15, -0.1) is 0 Å². The SMILES string of the molecule is CC12CCCC1(C)N(c1ccccc1)c1ccc(Br)cc12.CC12CCCC1(C)N(c1ccccc1)c1ccccc12. The summed E-state index contributed by atoms with van der Waals surface area (Å²) in [6.45, 7) is 9.81. The summed E-state index contributed by atoms with van der Waals surface area (Å²) in [6, 6.07) is 37.5. The van der Waals surface area contributed by atoms with Crippen LogP contribution in [0.3, 0.4) is 0 Å². The molecule has 2 nitrogen and oxygen atoms in total. The van der Waals surface area contributed by atoms with Gasteiger partial charge in [0.25, 0.3) is 0 Å². The zero-order valence-corrected chi connectivity index (χ0v) is 26.4. The van der Waals surface area contributed by atoms with Gasteiger partial charge in [-0.1, -0.05) is 97.2 Å². The van der Waals surface area contributed by atoms with Crippen LogP contribution in [-0.4, -0.2) is 11.1 Å². The van der Waals surface area contributed by atoms with Crippen molar-refractivity contribution in [2.45, 2.75) is 88.1 Å². The van der Waals surface area contributed by atoms with Crippen LogP contribution >= 0.6 is 15.9 Å². The van der Waals surface area contributed by atoms with Gasteiger partial charge >= 0.3 is 0 Å². The maximum absolute atomic E-state index is 3.66. The van der Waals surface area contributed by atoms with E-state index in [1.165, 1.54) is 76.9 Å². The third-order valence-electron chi connectivity index (χ3n) is 11.6. The monoisotopic (exact) mass is 604 g/mol. The zero-order chi connectivity index (χ0) is 28.5. The molecule has 8 rings (SSSR count). The highest BCUT2D eigenvalue weighted by molar-refractivity contribution is 9.10. The highest BCUT2D eigenvalue weighted by atomic mass is 79.9. The van der Waals surface area contributed by atoms with Crippen LogP contribution in [-0.2, 0) is 10.8 Å². The highest BCUT2D eigenvalue weighted by Crippen LogP contribution is 2.63. The predicted molar refractivity (Wildman–Crippen MR) is 177 cm³/mol. The summed E-state index contributed by atoms with van der Waals surface area (Å²) in [5.41, 5.74) is 9.36. The average Bonchev–Trinajstić information content (AvgIpc) is 3.58. The van der Waals surface area contributed by atoms with Crippen LogP contribution in [0.4, 0.5) is 22.7 Å². The number of hydrogen-bond donors (Lipinski definition) is 0. The maximum Gasteiger partial charge on any atom is 0.0517 e. The fourth-order valence-corrected chi connectivity index (χ4v) is 9.40. The fourth-order valence-electron chi connectivity index (χ4n) is 9.04. The molecule has 0 radical (unpaired) electrons. The van der Waals surface area contributed by atoms with Crippen molar-refractivity contribution in [1.29, 1.82) is 0 Å². The van der Waals surface area contributed by atoms with E-state index in [9.17, 15) is 0 Å². The fraction of sp³-hybridized carbons (Fsp3) is 0.368. The number of nitrogens with zero attached hydrogens (tertiary/aromatic N) is 2. The van der Waals surface area contributed by atoms with E-state index >= 15 is 0 Å². The van der Waals surface area contributed by atoms with Crippen molar-refractivity contribution in [3.8, 4) is 0 Å². The van der Waals surface area contributed by atoms with E-state index in [4.69, 9.17) is 0 Å². The molecule has 4 unspecified atom stereocenters. The number of halogens is 1. The molecule has 4 aliphatic rings. The molecule has 41 heavy (non-hydrogen) atoms. The quantitative estimate of drug-likeness (QED) is 0.224. The molecule has 210 valence electrons. The van der Waals surface area contributed by atoms with Crippen LogP contribution in [0, 0.1) is 0 Å². The van der Waals surface area contributed by atoms with Gasteiger partial charge in [0.2, 0.25) is 0 Å². The zero-order valence-electron chi connectivity index (χ0n) is 24.8. The molecule has 4 aromatic carbocycles. The van der Waals surface area contributed by atoms with Gasteiger partial charge in [-0.2, -0.15) is 0 Å². The van der Waals surface area contributed by atoms with Crippen LogP contribution in [0.15, 0.2) is 108 Å². The van der Waals surface area contributed by atoms with E-state index in [2.05, 4.69) is 157 Å². The van der Waals surface area contributed by atoms with Gasteiger partial charge in [0, 0.05) is 38.1 Å². The van der Waals surface area contributed by atoms with Crippen molar-refractivity contribution in [2.75, 3.05) is 9.80 Å². The number of benzene rings is 4. The van der Waals surface area contributed by atoms with Crippen molar-refractivity contribution in [3.63, 3.8) is 0 Å². The first-order valence-electron chi connectivity index (χ1n) is 15.3. The molecule has 0 saturated heterocycles. The molecule has 4 atom stereocenters. The van der Waals surface area contributed by atoms with Crippen LogP contribution in [0.25, 0.3) is 0 Å². The molecule has 3 heteroatoms. The standard InChI is InChI=1S/C19H20BrN.C19H21N/c1-18-11-6-12-19(18,2)21(15-7-4-3-5-8-15)17-10-9-14(20)13-16(17)18;1-18-13-8-14-19(18,2)20(15-9-4-3-5-10-15)17-12-7-6-11-16(17)18/h3-5,7-10,13H,6,11-12H2,1-2H3;3-7,9-12H,8,13-14H2,1-2H3. The summed E-state index contributed by atoms with van der Waals surface area (Å²) < 4.78 is 1.19. The summed E-state index contributed by atoms with van der Waals surface area (Å²) in [7, 11) is 0. The minimum atomic E-state index is 0.178. The van der Waals surface area contributed by atoms with Crippen LogP contribution in [0.1, 0.15) is 77.3 Å². The highest BCUT2D eigenvalue weighted by Gasteiger charge is 2.60. The smallest absolute Gasteiger partial charge is 0.0517 e. The van der Waals surface area contributed by atoms with Crippen molar-refractivity contribution in [1.82, 2.24) is 0 Å². The minimum absolute atomic E-state index is 0.178. The molecule has 0 aromatic heterocycles. The Hall–Kier alpha value is -3.04. The Kier molecular flexibility index (Phi) is 6.21. The summed E-state index contributed by atoms with van der Waals surface area (Å²) in [6.07, 6.45) is 7.73. The Balaban J connectivity index is 0.000000135. The molecule has 0 spiro atoms. The second kappa shape index (κ2) is 9.49. The van der Waals surface area contributed by atoms with Crippen molar-refractivity contribution in [3.05, 3.63) is 119 Å². The lowest BCUT2D eigenvalue weighted by atomic mass is 9.72. The number of rotatable bonds is 2. The maximum atomic E-state index is 3.66. The largest absolute Gasteiger partial charge is 0.334 e. The Labute approximate surface area is 254 Å². The van der Waals surface area contributed by atoms with Gasteiger partial charge in [-0.05, 0) is 99.2 Å². The summed E-state index contributed by atoms with van der Waals surface area (Å²) in [4.78, 5) is 5.18. The second-order valence-corrected chi connectivity index (χ2v) is 14.4. The number of fused-ring (bicyclic) bond motifs is 6. The molecule has 0 bridgehead atoms. The van der Waals surface area contributed by atoms with E-state index in [1.807, 2.05) is 0 Å². The van der Waals surface area contributed by atoms with Gasteiger partial charge < -0.3 is 9.80 Å². The molecule has 2 aliphatic carbocycles. The van der Waals surface area contributed by atoms with E-state index in [0.717, 1.165) is 0 Å². The van der Waals surface area contributed by atoms with E-state index in [-0.39, 0.29) is 21.9 Å². The van der Waals surface area contributed by atoms with E-state index in [0.29, 0.717) is 0 Å². The normalized spacial score (nSPS) is 30.8. The molecular weight excluding hydrogens is 564 g/mol. The number of hydrogen-bond acceptors (Lipinski definition) is 2. The average molecular weight is 606 g/mol. The molecule has 0 N–H and O–H groups in total. The van der Waals surface area contributed by atoms with Crippen LogP contribution in [0.5, 0.6) is 0 Å². The van der Waals surface area contributed by atoms with Gasteiger partial charge in [0.05, 0.1) is 11.1 Å². The van der Waals surface area contributed by atoms with Crippen LogP contribution < -0.4 is 9.80 Å². The van der Waals surface area contributed by atoms with Crippen molar-refractivity contribution < 1.29 is 0 Å².